The van der Waals surface area contributed by atoms with E-state index in [0.29, 0.717) is 9.83 Å². The van der Waals surface area contributed by atoms with Gasteiger partial charge in [-0.3, -0.25) is 0 Å². The van der Waals surface area contributed by atoms with E-state index < -0.39 is 0 Å². The lowest BCUT2D eigenvalue weighted by molar-refractivity contribution is 0.784. The molecule has 0 aromatic rings. The standard InChI is InChI=1S/C13H28S5/c1-12(17-10-6-2-4-8-14)13(16)18-11-7-3-5-9-15/h12-16H,2-11H2,1H3. The predicted octanol–water partition coefficient (Wildman–Crippen LogP) is 5.30. The van der Waals surface area contributed by atoms with Crippen molar-refractivity contribution in [2.75, 3.05) is 23.0 Å². The van der Waals surface area contributed by atoms with Crippen LogP contribution in [-0.2, 0) is 0 Å². The predicted molar refractivity (Wildman–Crippen MR) is 103 cm³/mol. The Kier molecular flexibility index (Phi) is 16.6. The van der Waals surface area contributed by atoms with E-state index in [1.54, 1.807) is 0 Å². The average Bonchev–Trinajstić information content (AvgIpc) is 2.37. The van der Waals surface area contributed by atoms with Crippen molar-refractivity contribution in [2.24, 2.45) is 0 Å². The van der Waals surface area contributed by atoms with Gasteiger partial charge in [0.1, 0.15) is 0 Å². The van der Waals surface area contributed by atoms with Crippen molar-refractivity contribution in [2.45, 2.75) is 55.3 Å². The van der Waals surface area contributed by atoms with Crippen LogP contribution in [0.1, 0.15) is 45.4 Å². The van der Waals surface area contributed by atoms with Crippen molar-refractivity contribution in [3.05, 3.63) is 0 Å². The van der Waals surface area contributed by atoms with Crippen LogP contribution in [0.15, 0.2) is 0 Å². The minimum atomic E-state index is 0.482. The molecule has 0 saturated carbocycles. The van der Waals surface area contributed by atoms with Crippen molar-refractivity contribution in [1.29, 1.82) is 0 Å². The van der Waals surface area contributed by atoms with Gasteiger partial charge in [-0.1, -0.05) is 19.8 Å². The van der Waals surface area contributed by atoms with Gasteiger partial charge in [0.05, 0.1) is 4.58 Å². The Morgan fingerprint density at radius 2 is 1.28 bits per heavy atom. The van der Waals surface area contributed by atoms with Gasteiger partial charge >= 0.3 is 0 Å². The van der Waals surface area contributed by atoms with Crippen LogP contribution in [0.25, 0.3) is 0 Å². The molecule has 0 rings (SSSR count). The van der Waals surface area contributed by atoms with Crippen molar-refractivity contribution in [3.8, 4) is 0 Å². The molecular weight excluding hydrogens is 316 g/mol. The van der Waals surface area contributed by atoms with Crippen molar-refractivity contribution < 1.29 is 0 Å². The zero-order valence-electron chi connectivity index (χ0n) is 11.4. The second-order valence-corrected chi connectivity index (χ2v) is 8.94. The van der Waals surface area contributed by atoms with Gasteiger partial charge in [-0.05, 0) is 48.7 Å². The first kappa shape index (κ1) is 19.8. The molecule has 110 valence electrons. The largest absolute Gasteiger partial charge is 0.179 e. The maximum Gasteiger partial charge on any atom is 0.0588 e. The maximum absolute atomic E-state index is 4.71. The molecule has 0 aliphatic carbocycles. The first-order valence-electron chi connectivity index (χ1n) is 6.85. The molecule has 0 saturated heterocycles. The molecule has 0 N–H and O–H groups in total. The third-order valence-corrected chi connectivity index (χ3v) is 7.17. The van der Waals surface area contributed by atoms with Gasteiger partial charge < -0.3 is 0 Å². The summed E-state index contributed by atoms with van der Waals surface area (Å²) in [5, 5.41) is 0.652. The Morgan fingerprint density at radius 3 is 1.78 bits per heavy atom. The van der Waals surface area contributed by atoms with Gasteiger partial charge in [0.15, 0.2) is 0 Å². The van der Waals surface area contributed by atoms with E-state index in [2.05, 4.69) is 43.9 Å². The maximum atomic E-state index is 4.71. The van der Waals surface area contributed by atoms with E-state index >= 15 is 0 Å². The van der Waals surface area contributed by atoms with Crippen LogP contribution in [0.4, 0.5) is 0 Å². The Balaban J connectivity index is 3.36. The van der Waals surface area contributed by atoms with Gasteiger partial charge in [0.2, 0.25) is 0 Å². The van der Waals surface area contributed by atoms with E-state index in [-0.39, 0.29) is 0 Å². The molecule has 0 amide bonds. The molecule has 2 unspecified atom stereocenters. The Labute approximate surface area is 139 Å². The summed E-state index contributed by atoms with van der Waals surface area (Å²) < 4.78 is 0.482. The topological polar surface area (TPSA) is 0 Å². The van der Waals surface area contributed by atoms with E-state index in [0.717, 1.165) is 11.5 Å². The monoisotopic (exact) mass is 344 g/mol. The van der Waals surface area contributed by atoms with E-state index in [4.69, 9.17) is 12.6 Å². The van der Waals surface area contributed by atoms with Crippen LogP contribution in [0.2, 0.25) is 0 Å². The normalized spacial score (nSPS) is 14.7. The van der Waals surface area contributed by atoms with Gasteiger partial charge in [0, 0.05) is 5.25 Å². The van der Waals surface area contributed by atoms with Crippen molar-refractivity contribution >= 4 is 61.4 Å². The van der Waals surface area contributed by atoms with Crippen LogP contribution in [0.5, 0.6) is 0 Å². The molecule has 5 heteroatoms. The van der Waals surface area contributed by atoms with Crippen LogP contribution in [0, 0.1) is 0 Å². The summed E-state index contributed by atoms with van der Waals surface area (Å²) in [6, 6.07) is 0. The lowest BCUT2D eigenvalue weighted by Gasteiger charge is -2.18. The van der Waals surface area contributed by atoms with Gasteiger partial charge in [-0.25, -0.2) is 0 Å². The Bertz CT molecular complexity index is 147. The van der Waals surface area contributed by atoms with E-state index in [1.165, 1.54) is 50.0 Å². The number of thiol groups is 3. The highest BCUT2D eigenvalue weighted by Gasteiger charge is 2.13. The van der Waals surface area contributed by atoms with Crippen LogP contribution in [-0.4, -0.2) is 32.8 Å². The molecule has 0 aromatic carbocycles. The minimum absolute atomic E-state index is 0.482. The van der Waals surface area contributed by atoms with Gasteiger partial charge in [0.25, 0.3) is 0 Å². The van der Waals surface area contributed by atoms with Gasteiger partial charge in [-0.15, -0.1) is 11.8 Å². The zero-order chi connectivity index (χ0) is 13.6. The molecule has 0 nitrogen and oxygen atoms in total. The highest BCUT2D eigenvalue weighted by atomic mass is 32.2. The molecule has 0 radical (unpaired) electrons. The highest BCUT2D eigenvalue weighted by Crippen LogP contribution is 2.28. The third-order valence-electron chi connectivity index (χ3n) is 2.68. The summed E-state index contributed by atoms with van der Waals surface area (Å²) in [7, 11) is 0. The molecule has 0 bridgehead atoms. The molecule has 0 heterocycles. The molecule has 0 fully saturated rings. The van der Waals surface area contributed by atoms with Gasteiger partial charge in [-0.2, -0.15) is 49.6 Å². The fourth-order valence-corrected chi connectivity index (χ4v) is 4.76. The van der Waals surface area contributed by atoms with Crippen LogP contribution >= 0.6 is 61.4 Å². The third kappa shape index (κ3) is 12.8. The van der Waals surface area contributed by atoms with E-state index in [9.17, 15) is 0 Å². The fourth-order valence-electron chi connectivity index (χ4n) is 1.47. The quantitative estimate of drug-likeness (QED) is 0.236. The number of thioether (sulfide) groups is 2. The number of hydrogen-bond donors (Lipinski definition) is 3. The minimum Gasteiger partial charge on any atom is -0.179 e. The number of unbranched alkanes of at least 4 members (excludes halogenated alkanes) is 4. The summed E-state index contributed by atoms with van der Waals surface area (Å²) >= 11 is 17.2. The van der Waals surface area contributed by atoms with Crippen LogP contribution < -0.4 is 0 Å². The summed E-state index contributed by atoms with van der Waals surface area (Å²) in [5.41, 5.74) is 0. The van der Waals surface area contributed by atoms with Crippen molar-refractivity contribution in [1.82, 2.24) is 0 Å². The first-order valence-corrected chi connectivity index (χ1v) is 10.7. The highest BCUT2D eigenvalue weighted by molar-refractivity contribution is 8.12. The second kappa shape index (κ2) is 15.1. The lowest BCUT2D eigenvalue weighted by atomic mass is 10.3. The summed E-state index contributed by atoms with van der Waals surface area (Å²) in [4.78, 5) is 0. The number of hydrogen-bond acceptors (Lipinski definition) is 5. The summed E-state index contributed by atoms with van der Waals surface area (Å²) in [6.45, 7) is 2.31. The van der Waals surface area contributed by atoms with Crippen molar-refractivity contribution in [3.63, 3.8) is 0 Å². The Hall–Kier alpha value is 1.75. The summed E-state index contributed by atoms with van der Waals surface area (Å²) in [6.07, 6.45) is 7.75. The molecule has 0 aliphatic rings. The Morgan fingerprint density at radius 1 is 0.778 bits per heavy atom. The molecule has 0 aromatic heterocycles. The van der Waals surface area contributed by atoms with Crippen LogP contribution in [0.3, 0.4) is 0 Å². The number of rotatable bonds is 13. The average molecular weight is 345 g/mol. The fraction of sp³-hybridized carbons (Fsp3) is 1.00. The summed E-state index contributed by atoms with van der Waals surface area (Å²) in [5.74, 6) is 4.56. The zero-order valence-corrected chi connectivity index (χ0v) is 15.7. The van der Waals surface area contributed by atoms with E-state index in [1.807, 2.05) is 11.8 Å². The molecular formula is C13H28S5. The second-order valence-electron chi connectivity index (χ2n) is 4.41. The molecule has 0 spiro atoms. The molecule has 2 atom stereocenters. The molecule has 0 aliphatic heterocycles. The molecule has 18 heavy (non-hydrogen) atoms. The lowest BCUT2D eigenvalue weighted by Crippen LogP contribution is -2.11. The smallest absolute Gasteiger partial charge is 0.0588 e. The first-order chi connectivity index (χ1) is 8.72. The SMILES string of the molecule is CC(SCCCCCS)C(S)SCCCCCS.